The fraction of sp³-hybridized carbons (Fsp3) is 0.353. The lowest BCUT2D eigenvalue weighted by atomic mass is 9.88. The first-order valence-corrected chi connectivity index (χ1v) is 13.8. The van der Waals surface area contributed by atoms with Gasteiger partial charge in [0.05, 0.1) is 16.7 Å². The maximum absolute atomic E-state index is 5.47. The molecule has 0 radical (unpaired) electrons. The van der Waals surface area contributed by atoms with Crippen LogP contribution >= 0.6 is 0 Å². The third-order valence-corrected chi connectivity index (χ3v) is 7.70. The van der Waals surface area contributed by atoms with Crippen LogP contribution in [0.2, 0.25) is 0 Å². The zero-order chi connectivity index (χ0) is 26.3. The molecular weight excluding hydrogens is 450 g/mol. The Labute approximate surface area is 223 Å². The van der Waals surface area contributed by atoms with E-state index in [4.69, 9.17) is 9.98 Å². The second-order valence-electron chi connectivity index (χ2n) is 10.0. The highest BCUT2D eigenvalue weighted by Gasteiger charge is 2.25. The molecule has 3 heteroatoms. The molecule has 1 heterocycles. The van der Waals surface area contributed by atoms with Crippen molar-refractivity contribution in [3.63, 3.8) is 0 Å². The smallest absolute Gasteiger partial charge is 0.0829 e. The van der Waals surface area contributed by atoms with E-state index in [1.54, 1.807) is 0 Å². The highest BCUT2D eigenvalue weighted by Crippen LogP contribution is 2.35. The molecule has 0 fully saturated rings. The Morgan fingerprint density at radius 1 is 0.838 bits per heavy atom. The van der Waals surface area contributed by atoms with Crippen LogP contribution in [0.1, 0.15) is 64.2 Å². The number of nitrogens with zero attached hydrogens (tertiary/aromatic N) is 3. The molecule has 4 rings (SSSR count). The van der Waals surface area contributed by atoms with Gasteiger partial charge in [0.15, 0.2) is 0 Å². The fourth-order valence-electron chi connectivity index (χ4n) is 5.33. The maximum Gasteiger partial charge on any atom is 0.0829 e. The van der Waals surface area contributed by atoms with Gasteiger partial charge in [0.1, 0.15) is 0 Å². The van der Waals surface area contributed by atoms with E-state index in [1.165, 1.54) is 27.6 Å². The average Bonchev–Trinajstić information content (AvgIpc) is 2.95. The van der Waals surface area contributed by atoms with Gasteiger partial charge in [0, 0.05) is 22.2 Å². The van der Waals surface area contributed by atoms with E-state index >= 15 is 0 Å². The van der Waals surface area contributed by atoms with Crippen LogP contribution in [0.15, 0.2) is 89.9 Å². The number of hydrogen-bond acceptors (Lipinski definition) is 3. The quantitative estimate of drug-likeness (QED) is 0.197. The van der Waals surface area contributed by atoms with Crippen molar-refractivity contribution < 1.29 is 0 Å². The van der Waals surface area contributed by atoms with Crippen LogP contribution in [0.5, 0.6) is 0 Å². The standard InChI is InChI=1S/C34H41N3/c1-6-34(5,28-20-13-10-14-21-28)36-26(4)32-29-22-15-16-24-31(29)35-33(27-18-11-9-12-19-27)30(32)23-17-25-37(7-2)8-3/h9-16,18-22,24H,6-8,17,23,25H2,1-5H3. The molecule has 0 saturated heterocycles. The Kier molecular flexibility index (Phi) is 8.89. The SMILES string of the molecule is CCN(CC)CCCc1c(-c2ccccc2)nc2ccccc2c1C(C)=NC(C)(CC)c1ccccc1. The number of aliphatic imine (C=N–C) groups is 1. The number of pyridine rings is 1. The second kappa shape index (κ2) is 12.3. The van der Waals surface area contributed by atoms with Crippen LogP contribution in [0.4, 0.5) is 0 Å². The molecule has 0 spiro atoms. The van der Waals surface area contributed by atoms with E-state index in [-0.39, 0.29) is 5.54 Å². The molecular formula is C34H41N3. The molecule has 0 aliphatic rings. The molecule has 1 aromatic heterocycles. The lowest BCUT2D eigenvalue weighted by Crippen LogP contribution is -2.24. The summed E-state index contributed by atoms with van der Waals surface area (Å²) in [5.74, 6) is 0. The molecule has 0 saturated carbocycles. The summed E-state index contributed by atoms with van der Waals surface area (Å²) in [6.07, 6.45) is 2.99. The third-order valence-electron chi connectivity index (χ3n) is 7.70. The van der Waals surface area contributed by atoms with Gasteiger partial charge < -0.3 is 4.90 Å². The Morgan fingerprint density at radius 2 is 1.46 bits per heavy atom. The predicted octanol–water partition coefficient (Wildman–Crippen LogP) is 8.31. The van der Waals surface area contributed by atoms with Crippen LogP contribution < -0.4 is 0 Å². The van der Waals surface area contributed by atoms with Crippen LogP contribution in [0.25, 0.3) is 22.2 Å². The van der Waals surface area contributed by atoms with Crippen molar-refractivity contribution in [3.05, 3.63) is 102 Å². The lowest BCUT2D eigenvalue weighted by Gasteiger charge is -2.27. The summed E-state index contributed by atoms with van der Waals surface area (Å²) in [5, 5.41) is 1.19. The van der Waals surface area contributed by atoms with E-state index in [1.807, 2.05) is 0 Å². The van der Waals surface area contributed by atoms with Crippen molar-refractivity contribution in [2.75, 3.05) is 19.6 Å². The van der Waals surface area contributed by atoms with Gasteiger partial charge in [-0.15, -0.1) is 0 Å². The van der Waals surface area contributed by atoms with Gasteiger partial charge in [-0.3, -0.25) is 4.99 Å². The maximum atomic E-state index is 5.47. The largest absolute Gasteiger partial charge is 0.304 e. The monoisotopic (exact) mass is 491 g/mol. The fourth-order valence-corrected chi connectivity index (χ4v) is 5.33. The van der Waals surface area contributed by atoms with Crippen molar-refractivity contribution >= 4 is 16.6 Å². The van der Waals surface area contributed by atoms with Crippen LogP contribution in [0.3, 0.4) is 0 Å². The van der Waals surface area contributed by atoms with Crippen molar-refractivity contribution in [2.45, 2.75) is 59.4 Å². The summed E-state index contributed by atoms with van der Waals surface area (Å²) in [6, 6.07) is 29.9. The Balaban J connectivity index is 1.92. The molecule has 0 amide bonds. The second-order valence-corrected chi connectivity index (χ2v) is 10.0. The molecule has 192 valence electrons. The molecule has 1 unspecified atom stereocenters. The normalized spacial score (nSPS) is 13.7. The summed E-state index contributed by atoms with van der Waals surface area (Å²) in [6.45, 7) is 14.4. The minimum atomic E-state index is -0.291. The van der Waals surface area contributed by atoms with Gasteiger partial charge in [-0.2, -0.15) is 0 Å². The molecule has 3 aromatic carbocycles. The number of benzene rings is 3. The minimum Gasteiger partial charge on any atom is -0.304 e. The van der Waals surface area contributed by atoms with Gasteiger partial charge in [-0.1, -0.05) is 99.6 Å². The number of para-hydroxylation sites is 1. The number of hydrogen-bond donors (Lipinski definition) is 0. The zero-order valence-corrected chi connectivity index (χ0v) is 23.2. The van der Waals surface area contributed by atoms with Crippen LogP contribution in [-0.4, -0.2) is 35.2 Å². The highest BCUT2D eigenvalue weighted by atomic mass is 15.1. The van der Waals surface area contributed by atoms with Crippen molar-refractivity contribution in [1.29, 1.82) is 0 Å². The number of rotatable bonds is 11. The number of aromatic nitrogens is 1. The number of fused-ring (bicyclic) bond motifs is 1. The van der Waals surface area contributed by atoms with Gasteiger partial charge >= 0.3 is 0 Å². The predicted molar refractivity (Wildman–Crippen MR) is 160 cm³/mol. The first-order valence-electron chi connectivity index (χ1n) is 13.8. The summed E-state index contributed by atoms with van der Waals surface area (Å²) in [5.41, 5.74) is 7.88. The molecule has 3 nitrogen and oxygen atoms in total. The highest BCUT2D eigenvalue weighted by molar-refractivity contribution is 6.11. The molecule has 0 aliphatic heterocycles. The van der Waals surface area contributed by atoms with E-state index < -0.39 is 0 Å². The lowest BCUT2D eigenvalue weighted by molar-refractivity contribution is 0.300. The molecule has 0 N–H and O–H groups in total. The third kappa shape index (κ3) is 5.99. The molecule has 0 bridgehead atoms. The molecule has 1 atom stereocenters. The molecule has 4 aromatic rings. The van der Waals surface area contributed by atoms with Gasteiger partial charge in [-0.05, 0) is 69.9 Å². The van der Waals surface area contributed by atoms with Crippen molar-refractivity contribution in [1.82, 2.24) is 9.88 Å². The van der Waals surface area contributed by atoms with E-state index in [2.05, 4.69) is 124 Å². The van der Waals surface area contributed by atoms with Crippen LogP contribution in [0, 0.1) is 0 Å². The van der Waals surface area contributed by atoms with E-state index in [9.17, 15) is 0 Å². The van der Waals surface area contributed by atoms with Crippen molar-refractivity contribution in [2.24, 2.45) is 4.99 Å². The Bertz CT molecular complexity index is 1320. The topological polar surface area (TPSA) is 28.5 Å². The van der Waals surface area contributed by atoms with Gasteiger partial charge in [0.25, 0.3) is 0 Å². The Hall–Kier alpha value is -3.30. The first-order chi connectivity index (χ1) is 18.0. The average molecular weight is 492 g/mol. The summed E-state index contributed by atoms with van der Waals surface area (Å²) in [4.78, 5) is 13.2. The van der Waals surface area contributed by atoms with E-state index in [0.717, 1.165) is 55.8 Å². The molecule has 37 heavy (non-hydrogen) atoms. The zero-order valence-electron chi connectivity index (χ0n) is 23.2. The van der Waals surface area contributed by atoms with Gasteiger partial charge in [0.2, 0.25) is 0 Å². The Morgan fingerprint density at radius 3 is 2.11 bits per heavy atom. The minimum absolute atomic E-state index is 0.291. The summed E-state index contributed by atoms with van der Waals surface area (Å²) >= 11 is 0. The van der Waals surface area contributed by atoms with Crippen molar-refractivity contribution in [3.8, 4) is 11.3 Å². The van der Waals surface area contributed by atoms with E-state index in [0.29, 0.717) is 0 Å². The van der Waals surface area contributed by atoms with Gasteiger partial charge in [-0.25, -0.2) is 4.98 Å². The van der Waals surface area contributed by atoms with Crippen LogP contribution in [-0.2, 0) is 12.0 Å². The summed E-state index contributed by atoms with van der Waals surface area (Å²) < 4.78 is 0. The summed E-state index contributed by atoms with van der Waals surface area (Å²) in [7, 11) is 0. The first kappa shape index (κ1) is 26.8. The molecule has 0 aliphatic carbocycles.